The van der Waals surface area contributed by atoms with Crippen LogP contribution in [0.5, 0.6) is 0 Å². The Morgan fingerprint density at radius 3 is 2.53 bits per heavy atom. The Hall–Kier alpha value is -0.300. The van der Waals surface area contributed by atoms with E-state index in [1.165, 1.54) is 12.8 Å². The number of aliphatic hydroxyl groups excluding tert-OH is 1. The maximum absolute atomic E-state index is 8.98. The molecule has 2 saturated carbocycles. The van der Waals surface area contributed by atoms with Crippen LogP contribution in [0.15, 0.2) is 11.6 Å². The first kappa shape index (κ1) is 11.2. The van der Waals surface area contributed by atoms with Crippen LogP contribution in [0.25, 0.3) is 0 Å². The largest absolute Gasteiger partial charge is 0.392 e. The maximum Gasteiger partial charge on any atom is 0.0639 e. The van der Waals surface area contributed by atoms with Crippen LogP contribution in [0.1, 0.15) is 47.0 Å². The molecule has 2 rings (SSSR count). The van der Waals surface area contributed by atoms with Gasteiger partial charge in [-0.05, 0) is 48.9 Å². The van der Waals surface area contributed by atoms with Gasteiger partial charge < -0.3 is 5.11 Å². The molecule has 0 bridgehead atoms. The van der Waals surface area contributed by atoms with Crippen molar-refractivity contribution >= 4 is 0 Å². The molecule has 0 spiro atoms. The van der Waals surface area contributed by atoms with Crippen LogP contribution in [0.4, 0.5) is 0 Å². The second-order valence-corrected chi connectivity index (χ2v) is 6.42. The first-order valence-corrected chi connectivity index (χ1v) is 6.18. The van der Waals surface area contributed by atoms with E-state index in [2.05, 4.69) is 26.8 Å². The summed E-state index contributed by atoms with van der Waals surface area (Å²) in [5, 5.41) is 8.98. The van der Waals surface area contributed by atoms with Crippen molar-refractivity contribution in [1.82, 2.24) is 0 Å². The maximum atomic E-state index is 8.98. The third kappa shape index (κ3) is 1.56. The summed E-state index contributed by atoms with van der Waals surface area (Å²) >= 11 is 0. The summed E-state index contributed by atoms with van der Waals surface area (Å²) in [7, 11) is 0. The highest BCUT2D eigenvalue weighted by atomic mass is 16.3. The smallest absolute Gasteiger partial charge is 0.0639 e. The molecule has 2 aliphatic carbocycles. The van der Waals surface area contributed by atoms with Gasteiger partial charge in [-0.1, -0.05) is 32.4 Å². The Balaban J connectivity index is 2.02. The average molecular weight is 208 g/mol. The topological polar surface area (TPSA) is 20.2 Å². The van der Waals surface area contributed by atoms with E-state index in [9.17, 15) is 0 Å². The Morgan fingerprint density at radius 1 is 1.40 bits per heavy atom. The standard InChI is InChI=1S/C14H24O/c1-10(9-15)5-6-11-7-12-8-14(12,4)13(11,2)3/h5,11-12,15H,6-9H2,1-4H3/t11-,12?,14-/m0/s1. The van der Waals surface area contributed by atoms with Gasteiger partial charge in [-0.15, -0.1) is 0 Å². The third-order valence-corrected chi connectivity index (χ3v) is 5.47. The van der Waals surface area contributed by atoms with Crippen LogP contribution in [0.3, 0.4) is 0 Å². The van der Waals surface area contributed by atoms with Gasteiger partial charge in [-0.3, -0.25) is 0 Å². The van der Waals surface area contributed by atoms with Crippen LogP contribution < -0.4 is 0 Å². The number of aliphatic hydroxyl groups is 1. The Bertz CT molecular complexity index is 290. The molecule has 1 unspecified atom stereocenters. The van der Waals surface area contributed by atoms with Gasteiger partial charge >= 0.3 is 0 Å². The van der Waals surface area contributed by atoms with Crippen molar-refractivity contribution in [3.05, 3.63) is 11.6 Å². The second-order valence-electron chi connectivity index (χ2n) is 6.42. The van der Waals surface area contributed by atoms with E-state index >= 15 is 0 Å². The Labute approximate surface area is 93.6 Å². The predicted octanol–water partition coefficient (Wildman–Crippen LogP) is 3.39. The molecule has 0 aromatic heterocycles. The molecule has 1 nitrogen and oxygen atoms in total. The predicted molar refractivity (Wildman–Crippen MR) is 63.6 cm³/mol. The van der Waals surface area contributed by atoms with Gasteiger partial charge in [0, 0.05) is 0 Å². The summed E-state index contributed by atoms with van der Waals surface area (Å²) in [5.41, 5.74) is 2.24. The first-order valence-electron chi connectivity index (χ1n) is 6.18. The van der Waals surface area contributed by atoms with E-state index in [4.69, 9.17) is 5.11 Å². The summed E-state index contributed by atoms with van der Waals surface area (Å²) in [5.74, 6) is 1.81. The number of allylic oxidation sites excluding steroid dienone is 1. The lowest BCUT2D eigenvalue weighted by Crippen LogP contribution is -2.27. The molecule has 0 saturated heterocycles. The normalized spacial score (nSPS) is 42.9. The van der Waals surface area contributed by atoms with Gasteiger partial charge in [0.1, 0.15) is 0 Å². The minimum Gasteiger partial charge on any atom is -0.392 e. The molecule has 0 aliphatic heterocycles. The molecule has 2 aliphatic rings. The lowest BCUT2D eigenvalue weighted by atomic mass is 9.70. The molecule has 0 heterocycles. The summed E-state index contributed by atoms with van der Waals surface area (Å²) in [6, 6.07) is 0. The molecule has 0 aromatic carbocycles. The van der Waals surface area contributed by atoms with Crippen LogP contribution >= 0.6 is 0 Å². The fourth-order valence-corrected chi connectivity index (χ4v) is 3.49. The van der Waals surface area contributed by atoms with Crippen LogP contribution in [0, 0.1) is 22.7 Å². The number of fused-ring (bicyclic) bond motifs is 1. The molecule has 0 aromatic rings. The minimum absolute atomic E-state index is 0.216. The summed E-state index contributed by atoms with van der Waals surface area (Å²) in [6.07, 6.45) is 6.24. The Morgan fingerprint density at radius 2 is 2.07 bits per heavy atom. The molecule has 1 heteroatoms. The van der Waals surface area contributed by atoms with Gasteiger partial charge in [0.2, 0.25) is 0 Å². The molecule has 0 amide bonds. The summed E-state index contributed by atoms with van der Waals surface area (Å²) < 4.78 is 0. The van der Waals surface area contributed by atoms with Crippen LogP contribution in [-0.4, -0.2) is 11.7 Å². The van der Waals surface area contributed by atoms with E-state index in [1.807, 2.05) is 6.92 Å². The molecule has 2 fully saturated rings. The zero-order chi connectivity index (χ0) is 11.3. The van der Waals surface area contributed by atoms with Crippen molar-refractivity contribution in [3.8, 4) is 0 Å². The number of hydrogen-bond donors (Lipinski definition) is 1. The van der Waals surface area contributed by atoms with Gasteiger partial charge in [-0.2, -0.15) is 0 Å². The van der Waals surface area contributed by atoms with Gasteiger partial charge in [0.05, 0.1) is 6.61 Å². The SMILES string of the molecule is CC(=CC[C@H]1CC2C[C@]2(C)C1(C)C)CO. The average Bonchev–Trinajstić information content (AvgIpc) is 2.80. The molecule has 1 N–H and O–H groups in total. The fraction of sp³-hybridized carbons (Fsp3) is 0.857. The number of rotatable bonds is 3. The highest BCUT2D eigenvalue weighted by Crippen LogP contribution is 2.74. The fourth-order valence-electron chi connectivity index (χ4n) is 3.49. The molecule has 86 valence electrons. The number of hydrogen-bond acceptors (Lipinski definition) is 1. The van der Waals surface area contributed by atoms with Gasteiger partial charge in [-0.25, -0.2) is 0 Å². The monoisotopic (exact) mass is 208 g/mol. The first-order chi connectivity index (χ1) is 6.91. The molecular formula is C14H24O. The quantitative estimate of drug-likeness (QED) is 0.705. The van der Waals surface area contributed by atoms with Gasteiger partial charge in [0.25, 0.3) is 0 Å². The van der Waals surface area contributed by atoms with E-state index in [1.54, 1.807) is 0 Å². The van der Waals surface area contributed by atoms with Crippen molar-refractivity contribution in [3.63, 3.8) is 0 Å². The molecular weight excluding hydrogens is 184 g/mol. The van der Waals surface area contributed by atoms with Crippen LogP contribution in [-0.2, 0) is 0 Å². The molecule has 0 radical (unpaired) electrons. The van der Waals surface area contributed by atoms with Crippen molar-refractivity contribution in [1.29, 1.82) is 0 Å². The highest BCUT2D eigenvalue weighted by Gasteiger charge is 2.66. The van der Waals surface area contributed by atoms with Crippen molar-refractivity contribution in [2.24, 2.45) is 22.7 Å². The van der Waals surface area contributed by atoms with Gasteiger partial charge in [0.15, 0.2) is 0 Å². The molecule has 3 atom stereocenters. The second kappa shape index (κ2) is 3.35. The highest BCUT2D eigenvalue weighted by molar-refractivity contribution is 5.17. The van der Waals surface area contributed by atoms with E-state index < -0.39 is 0 Å². The lowest BCUT2D eigenvalue weighted by molar-refractivity contribution is 0.150. The third-order valence-electron chi connectivity index (χ3n) is 5.47. The zero-order valence-corrected chi connectivity index (χ0v) is 10.5. The van der Waals surface area contributed by atoms with E-state index in [0.717, 1.165) is 23.8 Å². The zero-order valence-electron chi connectivity index (χ0n) is 10.5. The lowest BCUT2D eigenvalue weighted by Gasteiger charge is -2.35. The van der Waals surface area contributed by atoms with Crippen molar-refractivity contribution in [2.75, 3.05) is 6.61 Å². The Kier molecular flexibility index (Phi) is 2.50. The minimum atomic E-state index is 0.216. The van der Waals surface area contributed by atoms with Crippen LogP contribution in [0.2, 0.25) is 0 Å². The van der Waals surface area contributed by atoms with Crippen molar-refractivity contribution < 1.29 is 5.11 Å². The van der Waals surface area contributed by atoms with E-state index in [-0.39, 0.29) is 6.61 Å². The van der Waals surface area contributed by atoms with Crippen molar-refractivity contribution in [2.45, 2.75) is 47.0 Å². The summed E-state index contributed by atoms with van der Waals surface area (Å²) in [6.45, 7) is 9.57. The summed E-state index contributed by atoms with van der Waals surface area (Å²) in [4.78, 5) is 0. The molecule has 15 heavy (non-hydrogen) atoms. The van der Waals surface area contributed by atoms with E-state index in [0.29, 0.717) is 10.8 Å².